The molecule has 0 unspecified atom stereocenters. The first-order valence-corrected chi connectivity index (χ1v) is 7.64. The second-order valence-corrected chi connectivity index (χ2v) is 5.95. The van der Waals surface area contributed by atoms with Crippen molar-refractivity contribution in [2.24, 2.45) is 0 Å². The Hall–Kier alpha value is -0.730. The summed E-state index contributed by atoms with van der Waals surface area (Å²) in [5, 5.41) is 4.22. The molecule has 2 nitrogen and oxygen atoms in total. The molecular weight excluding hydrogens is 281 g/mol. The van der Waals surface area contributed by atoms with Crippen LogP contribution < -0.4 is 5.32 Å². The van der Waals surface area contributed by atoms with Crippen molar-refractivity contribution in [3.63, 3.8) is 0 Å². The Morgan fingerprint density at radius 3 is 2.26 bits per heavy atom. The summed E-state index contributed by atoms with van der Waals surface area (Å²) in [5.41, 5.74) is 0.719. The van der Waals surface area contributed by atoms with E-state index in [1.807, 2.05) is 0 Å². The second-order valence-electron chi connectivity index (χ2n) is 5.13. The van der Waals surface area contributed by atoms with E-state index in [0.717, 1.165) is 18.4 Å². The summed E-state index contributed by atoms with van der Waals surface area (Å²) in [7, 11) is 0. The fourth-order valence-corrected chi connectivity index (χ4v) is 3.10. The number of amides is 1. The summed E-state index contributed by atoms with van der Waals surface area (Å²) in [6.45, 7) is 0. The number of hydrogen-bond donors (Lipinski definition) is 1. The standard InChI is InChI=1S/C15H19Cl2NO/c16-13-8-5-9-14(17)12(13)10-15(19)18-11-6-3-1-2-4-7-11/h5,8-9,11H,1-4,6-7,10H2,(H,18,19). The van der Waals surface area contributed by atoms with Gasteiger partial charge >= 0.3 is 0 Å². The molecule has 1 saturated carbocycles. The molecule has 0 radical (unpaired) electrons. The van der Waals surface area contributed by atoms with Crippen molar-refractivity contribution < 1.29 is 4.79 Å². The van der Waals surface area contributed by atoms with Crippen LogP contribution in [0, 0.1) is 0 Å². The van der Waals surface area contributed by atoms with Crippen molar-refractivity contribution in [1.29, 1.82) is 0 Å². The topological polar surface area (TPSA) is 29.1 Å². The normalized spacial score (nSPS) is 16.9. The number of nitrogens with one attached hydrogen (secondary N) is 1. The molecule has 0 atom stereocenters. The molecule has 0 heterocycles. The first kappa shape index (κ1) is 14.7. The highest BCUT2D eigenvalue weighted by Crippen LogP contribution is 2.25. The molecule has 1 fully saturated rings. The van der Waals surface area contributed by atoms with Crippen molar-refractivity contribution in [2.45, 2.75) is 51.0 Å². The number of halogens is 2. The zero-order chi connectivity index (χ0) is 13.7. The molecule has 4 heteroatoms. The Morgan fingerprint density at radius 1 is 1.11 bits per heavy atom. The number of rotatable bonds is 3. The van der Waals surface area contributed by atoms with Crippen LogP contribution >= 0.6 is 23.2 Å². The van der Waals surface area contributed by atoms with Crippen LogP contribution in [0.2, 0.25) is 10.0 Å². The number of benzene rings is 1. The third-order valence-electron chi connectivity index (χ3n) is 3.62. The lowest BCUT2D eigenvalue weighted by Crippen LogP contribution is -2.35. The average Bonchev–Trinajstić information content (AvgIpc) is 2.63. The van der Waals surface area contributed by atoms with Gasteiger partial charge in [0, 0.05) is 16.1 Å². The van der Waals surface area contributed by atoms with Crippen LogP contribution in [0.4, 0.5) is 0 Å². The number of hydrogen-bond acceptors (Lipinski definition) is 1. The Labute approximate surface area is 124 Å². The van der Waals surface area contributed by atoms with Gasteiger partial charge in [-0.25, -0.2) is 0 Å². The second kappa shape index (κ2) is 7.16. The van der Waals surface area contributed by atoms with E-state index in [2.05, 4.69) is 5.32 Å². The van der Waals surface area contributed by atoms with Gasteiger partial charge in [-0.2, -0.15) is 0 Å². The molecule has 1 amide bonds. The van der Waals surface area contributed by atoms with Crippen LogP contribution in [0.25, 0.3) is 0 Å². The molecule has 0 bridgehead atoms. The van der Waals surface area contributed by atoms with E-state index in [9.17, 15) is 4.79 Å². The highest BCUT2D eigenvalue weighted by atomic mass is 35.5. The van der Waals surface area contributed by atoms with E-state index < -0.39 is 0 Å². The maximum Gasteiger partial charge on any atom is 0.224 e. The van der Waals surface area contributed by atoms with Crippen LogP contribution in [-0.4, -0.2) is 11.9 Å². The van der Waals surface area contributed by atoms with Crippen LogP contribution in [0.1, 0.15) is 44.1 Å². The van der Waals surface area contributed by atoms with Gasteiger partial charge in [0.15, 0.2) is 0 Å². The molecule has 104 valence electrons. The summed E-state index contributed by atoms with van der Waals surface area (Å²) in [5.74, 6) is 0.0156. The molecule has 0 aromatic heterocycles. The van der Waals surface area contributed by atoms with Crippen LogP contribution in [0.5, 0.6) is 0 Å². The third kappa shape index (κ3) is 4.39. The van der Waals surface area contributed by atoms with Gasteiger partial charge in [0.25, 0.3) is 0 Å². The summed E-state index contributed by atoms with van der Waals surface area (Å²) in [4.78, 5) is 12.1. The highest BCUT2D eigenvalue weighted by molar-refractivity contribution is 6.36. The molecule has 1 aliphatic rings. The molecular formula is C15H19Cl2NO. The molecule has 2 rings (SSSR count). The summed E-state index contributed by atoms with van der Waals surface area (Å²) in [6, 6.07) is 5.64. The predicted octanol–water partition coefficient (Wildman–Crippen LogP) is 4.37. The van der Waals surface area contributed by atoms with Crippen LogP contribution in [0.3, 0.4) is 0 Å². The van der Waals surface area contributed by atoms with E-state index in [0.29, 0.717) is 16.1 Å². The molecule has 1 N–H and O–H groups in total. The molecule has 19 heavy (non-hydrogen) atoms. The molecule has 1 aromatic carbocycles. The average molecular weight is 300 g/mol. The van der Waals surface area contributed by atoms with Gasteiger partial charge in [0.05, 0.1) is 6.42 Å². The smallest absolute Gasteiger partial charge is 0.224 e. The zero-order valence-corrected chi connectivity index (χ0v) is 12.4. The molecule has 0 saturated heterocycles. The monoisotopic (exact) mass is 299 g/mol. The highest BCUT2D eigenvalue weighted by Gasteiger charge is 2.16. The fraction of sp³-hybridized carbons (Fsp3) is 0.533. The Bertz CT molecular complexity index is 420. The van der Waals surface area contributed by atoms with Crippen molar-refractivity contribution in [1.82, 2.24) is 5.32 Å². The lowest BCUT2D eigenvalue weighted by molar-refractivity contribution is -0.121. The Balaban J connectivity index is 1.93. The summed E-state index contributed by atoms with van der Waals surface area (Å²) >= 11 is 12.2. The Kier molecular flexibility index (Phi) is 5.53. The SMILES string of the molecule is O=C(Cc1c(Cl)cccc1Cl)NC1CCCCCC1. The minimum Gasteiger partial charge on any atom is -0.353 e. The van der Waals surface area contributed by atoms with Crippen LogP contribution in [0.15, 0.2) is 18.2 Å². The van der Waals surface area contributed by atoms with E-state index in [1.54, 1.807) is 18.2 Å². The fourth-order valence-electron chi connectivity index (χ4n) is 2.56. The number of carbonyl (C=O) groups is 1. The van der Waals surface area contributed by atoms with E-state index >= 15 is 0 Å². The van der Waals surface area contributed by atoms with Gasteiger partial charge in [-0.3, -0.25) is 4.79 Å². The van der Waals surface area contributed by atoms with Crippen molar-refractivity contribution >= 4 is 29.1 Å². The summed E-state index contributed by atoms with van der Waals surface area (Å²) in [6.07, 6.45) is 7.40. The van der Waals surface area contributed by atoms with Gasteiger partial charge in [-0.05, 0) is 30.5 Å². The van der Waals surface area contributed by atoms with E-state index in [4.69, 9.17) is 23.2 Å². The Morgan fingerprint density at radius 2 is 1.68 bits per heavy atom. The lowest BCUT2D eigenvalue weighted by Gasteiger charge is -2.16. The maximum atomic E-state index is 12.1. The first-order chi connectivity index (χ1) is 9.16. The quantitative estimate of drug-likeness (QED) is 0.825. The van der Waals surface area contributed by atoms with E-state index in [1.165, 1.54) is 25.7 Å². The maximum absolute atomic E-state index is 12.1. The van der Waals surface area contributed by atoms with Gasteiger partial charge in [-0.15, -0.1) is 0 Å². The predicted molar refractivity (Wildman–Crippen MR) is 79.8 cm³/mol. The zero-order valence-electron chi connectivity index (χ0n) is 10.9. The largest absolute Gasteiger partial charge is 0.353 e. The molecule has 1 aromatic rings. The van der Waals surface area contributed by atoms with Crippen molar-refractivity contribution in [3.8, 4) is 0 Å². The van der Waals surface area contributed by atoms with E-state index in [-0.39, 0.29) is 12.3 Å². The van der Waals surface area contributed by atoms with Gasteiger partial charge < -0.3 is 5.32 Å². The molecule has 0 aliphatic heterocycles. The first-order valence-electron chi connectivity index (χ1n) is 6.89. The minimum absolute atomic E-state index is 0.0156. The van der Waals surface area contributed by atoms with Gasteiger partial charge in [0.1, 0.15) is 0 Å². The molecule has 1 aliphatic carbocycles. The van der Waals surface area contributed by atoms with Crippen molar-refractivity contribution in [2.75, 3.05) is 0 Å². The van der Waals surface area contributed by atoms with Crippen molar-refractivity contribution in [3.05, 3.63) is 33.8 Å². The van der Waals surface area contributed by atoms with Gasteiger partial charge in [-0.1, -0.05) is 55.0 Å². The number of carbonyl (C=O) groups excluding carboxylic acids is 1. The summed E-state index contributed by atoms with van der Waals surface area (Å²) < 4.78 is 0. The van der Waals surface area contributed by atoms with Gasteiger partial charge in [0.2, 0.25) is 5.91 Å². The third-order valence-corrected chi connectivity index (χ3v) is 4.33. The lowest BCUT2D eigenvalue weighted by atomic mass is 10.1. The minimum atomic E-state index is 0.0156. The molecule has 0 spiro atoms. The van der Waals surface area contributed by atoms with Crippen LogP contribution in [-0.2, 0) is 11.2 Å².